The summed E-state index contributed by atoms with van der Waals surface area (Å²) >= 11 is 5.91. The van der Waals surface area contributed by atoms with Crippen LogP contribution in [0.25, 0.3) is 11.3 Å². The van der Waals surface area contributed by atoms with E-state index in [4.69, 9.17) is 16.0 Å². The zero-order valence-electron chi connectivity index (χ0n) is 17.8. The molecule has 0 aliphatic carbocycles. The quantitative estimate of drug-likeness (QED) is 0.448. The van der Waals surface area contributed by atoms with Gasteiger partial charge in [0.05, 0.1) is 13.1 Å². The van der Waals surface area contributed by atoms with Crippen molar-refractivity contribution in [3.05, 3.63) is 70.9 Å². The van der Waals surface area contributed by atoms with Crippen LogP contribution in [0.3, 0.4) is 0 Å². The van der Waals surface area contributed by atoms with Crippen LogP contribution in [-0.2, 0) is 16.1 Å². The molecule has 0 aliphatic rings. The Bertz CT molecular complexity index is 1060. The molecule has 3 aromatic rings. The minimum absolute atomic E-state index is 0.0519. The van der Waals surface area contributed by atoms with Crippen LogP contribution >= 0.6 is 11.6 Å². The molecule has 162 valence electrons. The van der Waals surface area contributed by atoms with Gasteiger partial charge in [0.1, 0.15) is 11.5 Å². The lowest BCUT2D eigenvalue weighted by molar-refractivity contribution is -0.120. The van der Waals surface area contributed by atoms with Gasteiger partial charge in [0.2, 0.25) is 11.8 Å². The smallest absolute Gasteiger partial charge is 0.239 e. The molecule has 3 rings (SSSR count). The van der Waals surface area contributed by atoms with Gasteiger partial charge in [-0.2, -0.15) is 0 Å². The number of anilines is 2. The number of aryl methyl sites for hydroxylation is 1. The maximum atomic E-state index is 12.3. The molecule has 0 saturated heterocycles. The van der Waals surface area contributed by atoms with Crippen LogP contribution in [0, 0.1) is 12.8 Å². The summed E-state index contributed by atoms with van der Waals surface area (Å²) in [7, 11) is 0. The molecule has 3 N–H and O–H groups in total. The van der Waals surface area contributed by atoms with Crippen molar-refractivity contribution in [3.63, 3.8) is 0 Å². The molecule has 0 unspecified atom stereocenters. The molecule has 0 bridgehead atoms. The van der Waals surface area contributed by atoms with Crippen LogP contribution in [0.15, 0.2) is 59.0 Å². The number of halogens is 1. The monoisotopic (exact) mass is 439 g/mol. The highest BCUT2D eigenvalue weighted by Crippen LogP contribution is 2.24. The Balaban J connectivity index is 1.51. The number of rotatable bonds is 8. The molecule has 0 saturated carbocycles. The summed E-state index contributed by atoms with van der Waals surface area (Å²) < 4.78 is 5.80. The number of benzene rings is 2. The lowest BCUT2D eigenvalue weighted by Gasteiger charge is -2.13. The van der Waals surface area contributed by atoms with Crippen molar-refractivity contribution < 1.29 is 14.0 Å². The molecule has 7 heteroatoms. The fourth-order valence-electron chi connectivity index (χ4n) is 2.84. The first-order valence-corrected chi connectivity index (χ1v) is 10.5. The van der Waals surface area contributed by atoms with E-state index in [1.165, 1.54) is 0 Å². The fraction of sp³-hybridized carbons (Fsp3) is 0.250. The molecule has 0 fully saturated rings. The molecular weight excluding hydrogens is 414 g/mol. The number of hydrogen-bond acceptors (Lipinski definition) is 4. The first kappa shape index (κ1) is 22.4. The minimum Gasteiger partial charge on any atom is -0.459 e. The Morgan fingerprint density at radius 2 is 1.77 bits per heavy atom. The van der Waals surface area contributed by atoms with Crippen molar-refractivity contribution in [2.24, 2.45) is 5.92 Å². The normalized spacial score (nSPS) is 10.7. The maximum Gasteiger partial charge on any atom is 0.239 e. The Morgan fingerprint density at radius 1 is 1.03 bits per heavy atom. The molecule has 0 spiro atoms. The summed E-state index contributed by atoms with van der Waals surface area (Å²) in [5, 5.41) is 9.49. The van der Waals surface area contributed by atoms with Gasteiger partial charge < -0.3 is 20.4 Å². The van der Waals surface area contributed by atoms with Gasteiger partial charge in [-0.3, -0.25) is 9.59 Å². The second kappa shape index (κ2) is 10.2. The second-order valence-electron chi connectivity index (χ2n) is 7.58. The summed E-state index contributed by atoms with van der Waals surface area (Å²) in [5.74, 6) is 1.05. The van der Waals surface area contributed by atoms with E-state index in [0.29, 0.717) is 16.5 Å². The van der Waals surface area contributed by atoms with Gasteiger partial charge in [0.15, 0.2) is 0 Å². The second-order valence-corrected chi connectivity index (χ2v) is 8.01. The largest absolute Gasteiger partial charge is 0.459 e. The molecule has 2 aromatic carbocycles. The molecule has 0 aliphatic heterocycles. The average Bonchev–Trinajstić information content (AvgIpc) is 3.22. The highest BCUT2D eigenvalue weighted by molar-refractivity contribution is 6.30. The lowest BCUT2D eigenvalue weighted by Crippen LogP contribution is -2.29. The Morgan fingerprint density at radius 3 is 2.48 bits per heavy atom. The molecule has 0 atom stereocenters. The SMILES string of the molecule is Cc1ccc(NC(=O)C(C)C)cc1NCC(=O)NCc1ccc(-c2ccc(Cl)cc2)o1. The van der Waals surface area contributed by atoms with Gasteiger partial charge in [-0.25, -0.2) is 0 Å². The molecular formula is C24H26ClN3O3. The third kappa shape index (κ3) is 6.36. The molecule has 0 radical (unpaired) electrons. The van der Waals surface area contributed by atoms with E-state index in [1.54, 1.807) is 12.1 Å². The Labute approximate surface area is 187 Å². The van der Waals surface area contributed by atoms with E-state index in [2.05, 4.69) is 16.0 Å². The van der Waals surface area contributed by atoms with Gasteiger partial charge in [0, 0.05) is 27.9 Å². The first-order chi connectivity index (χ1) is 14.8. The van der Waals surface area contributed by atoms with Crippen LogP contribution < -0.4 is 16.0 Å². The number of amides is 2. The zero-order valence-corrected chi connectivity index (χ0v) is 18.5. The molecule has 1 heterocycles. The van der Waals surface area contributed by atoms with Crippen LogP contribution in [0.5, 0.6) is 0 Å². The van der Waals surface area contributed by atoms with E-state index < -0.39 is 0 Å². The molecule has 1 aromatic heterocycles. The van der Waals surface area contributed by atoms with Crippen molar-refractivity contribution >= 4 is 34.8 Å². The number of carbonyl (C=O) groups is 2. The fourth-order valence-corrected chi connectivity index (χ4v) is 2.97. The van der Waals surface area contributed by atoms with Crippen LogP contribution in [-0.4, -0.2) is 18.4 Å². The highest BCUT2D eigenvalue weighted by atomic mass is 35.5. The summed E-state index contributed by atoms with van der Waals surface area (Å²) in [4.78, 5) is 24.2. The van der Waals surface area contributed by atoms with Crippen LogP contribution in [0.1, 0.15) is 25.2 Å². The standard InChI is InChI=1S/C24H26ClN3O3/c1-15(2)24(30)28-19-9-4-16(3)21(12-19)26-14-23(29)27-13-20-10-11-22(31-20)17-5-7-18(25)8-6-17/h4-12,15,26H,13-14H2,1-3H3,(H,27,29)(H,28,30). The lowest BCUT2D eigenvalue weighted by atomic mass is 10.1. The summed E-state index contributed by atoms with van der Waals surface area (Å²) in [6, 6.07) is 16.6. The number of carbonyl (C=O) groups excluding carboxylic acids is 2. The predicted octanol–water partition coefficient (Wildman–Crippen LogP) is 5.23. The van der Waals surface area contributed by atoms with E-state index >= 15 is 0 Å². The van der Waals surface area contributed by atoms with Crippen molar-refractivity contribution in [2.45, 2.75) is 27.3 Å². The number of hydrogen-bond donors (Lipinski definition) is 3. The van der Waals surface area contributed by atoms with Crippen molar-refractivity contribution in [2.75, 3.05) is 17.2 Å². The molecule has 2 amide bonds. The van der Waals surface area contributed by atoms with Gasteiger partial charge in [-0.15, -0.1) is 0 Å². The number of furan rings is 1. The van der Waals surface area contributed by atoms with E-state index in [1.807, 2.05) is 63.2 Å². The van der Waals surface area contributed by atoms with Crippen molar-refractivity contribution in [3.8, 4) is 11.3 Å². The van der Waals surface area contributed by atoms with Crippen LogP contribution in [0.4, 0.5) is 11.4 Å². The topological polar surface area (TPSA) is 83.4 Å². The van der Waals surface area contributed by atoms with Gasteiger partial charge in [-0.05, 0) is 61.0 Å². The summed E-state index contributed by atoms with van der Waals surface area (Å²) in [6.45, 7) is 6.01. The third-order valence-corrected chi connectivity index (χ3v) is 4.97. The maximum absolute atomic E-state index is 12.3. The number of nitrogens with one attached hydrogen (secondary N) is 3. The average molecular weight is 440 g/mol. The van der Waals surface area contributed by atoms with E-state index in [-0.39, 0.29) is 30.8 Å². The third-order valence-electron chi connectivity index (χ3n) is 4.72. The zero-order chi connectivity index (χ0) is 22.4. The summed E-state index contributed by atoms with van der Waals surface area (Å²) in [5.41, 5.74) is 3.38. The minimum atomic E-state index is -0.166. The first-order valence-electron chi connectivity index (χ1n) is 10.1. The van der Waals surface area contributed by atoms with Crippen molar-refractivity contribution in [1.29, 1.82) is 0 Å². The van der Waals surface area contributed by atoms with Crippen molar-refractivity contribution in [1.82, 2.24) is 5.32 Å². The van der Waals surface area contributed by atoms with Gasteiger partial charge in [-0.1, -0.05) is 31.5 Å². The highest BCUT2D eigenvalue weighted by Gasteiger charge is 2.10. The van der Waals surface area contributed by atoms with Gasteiger partial charge >= 0.3 is 0 Å². The summed E-state index contributed by atoms with van der Waals surface area (Å²) in [6.07, 6.45) is 0. The molecule has 6 nitrogen and oxygen atoms in total. The Hall–Kier alpha value is -3.25. The van der Waals surface area contributed by atoms with E-state index in [9.17, 15) is 9.59 Å². The van der Waals surface area contributed by atoms with E-state index in [0.717, 1.165) is 22.6 Å². The van der Waals surface area contributed by atoms with Gasteiger partial charge in [0.25, 0.3) is 0 Å². The Kier molecular flexibility index (Phi) is 7.36. The van der Waals surface area contributed by atoms with Crippen LogP contribution in [0.2, 0.25) is 5.02 Å². The predicted molar refractivity (Wildman–Crippen MR) is 124 cm³/mol. The molecule has 31 heavy (non-hydrogen) atoms.